The molecule has 4 N–H and O–H groups in total. The number of rotatable bonds is 4. The standard InChI is InChI=1S/C18H23ClN4O3S/c1-6-9-11(19)12(15(21)25)22-23(9)16-10(14(20)24)8-7-17(2,3)26-18(4,5)13(8)27-16/h6-7H2,1-5H3,(H2,20,24)(H2,21,25). The highest BCUT2D eigenvalue weighted by Crippen LogP contribution is 2.47. The van der Waals surface area contributed by atoms with Crippen molar-refractivity contribution in [1.82, 2.24) is 9.78 Å². The van der Waals surface area contributed by atoms with Crippen LogP contribution < -0.4 is 11.5 Å². The molecule has 1 aliphatic rings. The van der Waals surface area contributed by atoms with Gasteiger partial charge in [-0.25, -0.2) is 4.68 Å². The number of hydrogen-bond acceptors (Lipinski definition) is 5. The Kier molecular flexibility index (Phi) is 4.65. The Morgan fingerprint density at radius 2 is 1.89 bits per heavy atom. The van der Waals surface area contributed by atoms with E-state index in [-0.39, 0.29) is 10.7 Å². The number of fused-ring (bicyclic) bond motifs is 1. The zero-order valence-electron chi connectivity index (χ0n) is 16.0. The molecule has 2 amide bonds. The molecular weight excluding hydrogens is 388 g/mol. The highest BCUT2D eigenvalue weighted by atomic mass is 35.5. The average molecular weight is 411 g/mol. The fourth-order valence-electron chi connectivity index (χ4n) is 3.77. The summed E-state index contributed by atoms with van der Waals surface area (Å²) in [5.74, 6) is -1.27. The SMILES string of the molecule is CCc1c(Cl)c(C(N)=O)nn1-c1sc2c(c1C(N)=O)CC(C)(C)OC2(C)C. The molecule has 0 atom stereocenters. The molecule has 2 aromatic rings. The molecule has 27 heavy (non-hydrogen) atoms. The molecule has 1 aliphatic heterocycles. The first-order valence-corrected chi connectivity index (χ1v) is 9.82. The zero-order chi connectivity index (χ0) is 20.3. The van der Waals surface area contributed by atoms with Gasteiger partial charge in [-0.05, 0) is 39.7 Å². The van der Waals surface area contributed by atoms with Gasteiger partial charge in [-0.2, -0.15) is 5.10 Å². The maximum atomic E-state index is 12.4. The summed E-state index contributed by atoms with van der Waals surface area (Å²) in [6, 6.07) is 0. The molecular formula is C18H23ClN4O3S. The normalized spacial score (nSPS) is 17.6. The van der Waals surface area contributed by atoms with Crippen molar-refractivity contribution in [3.63, 3.8) is 0 Å². The van der Waals surface area contributed by atoms with Gasteiger partial charge in [0, 0.05) is 11.3 Å². The van der Waals surface area contributed by atoms with Crippen molar-refractivity contribution in [2.45, 2.75) is 58.7 Å². The Bertz CT molecular complexity index is 958. The Morgan fingerprint density at radius 3 is 2.41 bits per heavy atom. The highest BCUT2D eigenvalue weighted by molar-refractivity contribution is 7.15. The molecule has 3 rings (SSSR count). The van der Waals surface area contributed by atoms with E-state index in [0.29, 0.717) is 29.1 Å². The Morgan fingerprint density at radius 1 is 1.26 bits per heavy atom. The number of carbonyl (C=O) groups excluding carboxylic acids is 2. The monoisotopic (exact) mass is 410 g/mol. The predicted molar refractivity (Wildman–Crippen MR) is 105 cm³/mol. The largest absolute Gasteiger partial charge is 0.365 e. The number of thiophene rings is 1. The Labute approximate surface area is 166 Å². The van der Waals surface area contributed by atoms with Gasteiger partial charge < -0.3 is 16.2 Å². The average Bonchev–Trinajstić information content (AvgIpc) is 3.03. The van der Waals surface area contributed by atoms with Gasteiger partial charge in [0.05, 0.1) is 27.5 Å². The van der Waals surface area contributed by atoms with E-state index in [4.69, 9.17) is 27.8 Å². The minimum atomic E-state index is -0.722. The summed E-state index contributed by atoms with van der Waals surface area (Å²) >= 11 is 7.69. The van der Waals surface area contributed by atoms with Crippen molar-refractivity contribution in [3.05, 3.63) is 32.4 Å². The van der Waals surface area contributed by atoms with Crippen LogP contribution in [-0.4, -0.2) is 27.2 Å². The third-order valence-electron chi connectivity index (χ3n) is 4.59. The van der Waals surface area contributed by atoms with E-state index in [0.717, 1.165) is 10.4 Å². The van der Waals surface area contributed by atoms with Crippen LogP contribution in [0.4, 0.5) is 0 Å². The maximum absolute atomic E-state index is 12.4. The lowest BCUT2D eigenvalue weighted by Gasteiger charge is -2.41. The van der Waals surface area contributed by atoms with Crippen LogP contribution >= 0.6 is 22.9 Å². The van der Waals surface area contributed by atoms with Crippen LogP contribution in [-0.2, 0) is 23.2 Å². The molecule has 2 aromatic heterocycles. The van der Waals surface area contributed by atoms with Crippen LogP contribution in [0.1, 0.15) is 71.6 Å². The summed E-state index contributed by atoms with van der Waals surface area (Å²) < 4.78 is 7.75. The topological polar surface area (TPSA) is 113 Å². The number of halogens is 1. The summed E-state index contributed by atoms with van der Waals surface area (Å²) in [6.45, 7) is 9.77. The molecule has 146 valence electrons. The number of hydrogen-bond donors (Lipinski definition) is 2. The van der Waals surface area contributed by atoms with Gasteiger partial charge in [-0.15, -0.1) is 11.3 Å². The van der Waals surface area contributed by atoms with Crippen LogP contribution in [0.3, 0.4) is 0 Å². The summed E-state index contributed by atoms with van der Waals surface area (Å²) in [5, 5.41) is 5.03. The lowest BCUT2D eigenvalue weighted by Crippen LogP contribution is -2.42. The zero-order valence-corrected chi connectivity index (χ0v) is 17.5. The van der Waals surface area contributed by atoms with Crippen molar-refractivity contribution in [1.29, 1.82) is 0 Å². The van der Waals surface area contributed by atoms with E-state index >= 15 is 0 Å². The van der Waals surface area contributed by atoms with Gasteiger partial charge in [-0.1, -0.05) is 18.5 Å². The summed E-state index contributed by atoms with van der Waals surface area (Å²) in [4.78, 5) is 25.0. The van der Waals surface area contributed by atoms with E-state index in [1.807, 2.05) is 34.6 Å². The Hall–Kier alpha value is -1.90. The second-order valence-corrected chi connectivity index (χ2v) is 9.12. The van der Waals surface area contributed by atoms with E-state index in [2.05, 4.69) is 5.10 Å². The number of amides is 2. The highest BCUT2D eigenvalue weighted by Gasteiger charge is 2.43. The Balaban J connectivity index is 2.34. The number of carbonyl (C=O) groups is 2. The summed E-state index contributed by atoms with van der Waals surface area (Å²) in [5.41, 5.74) is 11.9. The lowest BCUT2D eigenvalue weighted by molar-refractivity contribution is -0.135. The summed E-state index contributed by atoms with van der Waals surface area (Å²) in [6.07, 6.45) is 1.05. The molecule has 0 saturated carbocycles. The smallest absolute Gasteiger partial charge is 0.270 e. The van der Waals surface area contributed by atoms with Crippen molar-refractivity contribution < 1.29 is 14.3 Å². The third kappa shape index (κ3) is 3.15. The first-order chi connectivity index (χ1) is 12.4. The molecule has 0 bridgehead atoms. The number of ether oxygens (including phenoxy) is 1. The lowest BCUT2D eigenvalue weighted by atomic mass is 9.86. The molecule has 0 unspecified atom stereocenters. The van der Waals surface area contributed by atoms with Gasteiger partial charge in [0.15, 0.2) is 5.69 Å². The van der Waals surface area contributed by atoms with Crippen LogP contribution in [0.15, 0.2) is 0 Å². The van der Waals surface area contributed by atoms with Crippen LogP contribution in [0.2, 0.25) is 5.02 Å². The second-order valence-electron chi connectivity index (χ2n) is 7.74. The van der Waals surface area contributed by atoms with E-state index < -0.39 is 23.0 Å². The van der Waals surface area contributed by atoms with E-state index in [1.165, 1.54) is 16.0 Å². The van der Waals surface area contributed by atoms with Gasteiger partial charge >= 0.3 is 0 Å². The summed E-state index contributed by atoms with van der Waals surface area (Å²) in [7, 11) is 0. The molecule has 0 aromatic carbocycles. The predicted octanol–water partition coefficient (Wildman–Crippen LogP) is 2.93. The van der Waals surface area contributed by atoms with Crippen molar-refractivity contribution in [2.24, 2.45) is 11.5 Å². The van der Waals surface area contributed by atoms with Gasteiger partial charge in [0.1, 0.15) is 5.00 Å². The quantitative estimate of drug-likeness (QED) is 0.806. The molecule has 0 radical (unpaired) electrons. The molecule has 3 heterocycles. The fourth-order valence-corrected chi connectivity index (χ4v) is 5.46. The number of nitrogens with two attached hydrogens (primary N) is 2. The molecule has 7 nitrogen and oxygen atoms in total. The third-order valence-corrected chi connectivity index (χ3v) is 6.50. The first-order valence-electron chi connectivity index (χ1n) is 8.63. The van der Waals surface area contributed by atoms with Crippen LogP contribution in [0, 0.1) is 0 Å². The molecule has 9 heteroatoms. The van der Waals surface area contributed by atoms with Crippen LogP contribution in [0.5, 0.6) is 0 Å². The molecule has 0 saturated heterocycles. The van der Waals surface area contributed by atoms with Gasteiger partial charge in [0.25, 0.3) is 11.8 Å². The van der Waals surface area contributed by atoms with Crippen molar-refractivity contribution in [2.75, 3.05) is 0 Å². The van der Waals surface area contributed by atoms with Crippen molar-refractivity contribution >= 4 is 34.8 Å². The molecule has 0 fully saturated rings. The van der Waals surface area contributed by atoms with Crippen LogP contribution in [0.25, 0.3) is 5.00 Å². The fraction of sp³-hybridized carbons (Fsp3) is 0.500. The van der Waals surface area contributed by atoms with Gasteiger partial charge in [-0.3, -0.25) is 9.59 Å². The van der Waals surface area contributed by atoms with Gasteiger partial charge in [0.2, 0.25) is 0 Å². The number of primary amides is 2. The number of nitrogens with zero attached hydrogens (tertiary/aromatic N) is 2. The number of aromatic nitrogens is 2. The minimum absolute atomic E-state index is 0.0221. The molecule has 0 aliphatic carbocycles. The second kappa shape index (κ2) is 6.32. The first kappa shape index (κ1) is 19.9. The van der Waals surface area contributed by atoms with E-state index in [1.54, 1.807) is 0 Å². The van der Waals surface area contributed by atoms with Crippen molar-refractivity contribution in [3.8, 4) is 5.00 Å². The van der Waals surface area contributed by atoms with E-state index in [9.17, 15) is 9.59 Å². The maximum Gasteiger partial charge on any atom is 0.270 e. The molecule has 0 spiro atoms. The minimum Gasteiger partial charge on any atom is -0.365 e.